The normalized spacial score (nSPS) is 10.2. The molecule has 0 amide bonds. The third-order valence-electron chi connectivity index (χ3n) is 1.37. The first-order chi connectivity index (χ1) is 6.11. The molecule has 0 spiro atoms. The van der Waals surface area contributed by atoms with E-state index in [4.69, 9.17) is 10.5 Å². The average Bonchev–Trinajstić information content (AvgIpc) is 2.01. The van der Waals surface area contributed by atoms with E-state index in [1.54, 1.807) is 13.2 Å². The van der Waals surface area contributed by atoms with Gasteiger partial charge in [-0.05, 0) is 13.8 Å². The topological polar surface area (TPSA) is 73.1 Å². The van der Waals surface area contributed by atoms with Crippen molar-refractivity contribution in [3.63, 3.8) is 0 Å². The molecule has 1 aromatic rings. The number of hydrogen-bond donors (Lipinski definition) is 2. The molecule has 0 aliphatic rings. The van der Waals surface area contributed by atoms with Crippen LogP contribution in [0.2, 0.25) is 0 Å². The molecular weight excluding hydrogens is 168 g/mol. The van der Waals surface area contributed by atoms with Crippen LogP contribution in [0.5, 0.6) is 5.88 Å². The number of rotatable bonds is 3. The summed E-state index contributed by atoms with van der Waals surface area (Å²) in [6.45, 7) is 4.04. The maximum Gasteiger partial charge on any atom is 0.225 e. The second kappa shape index (κ2) is 3.93. The average molecular weight is 182 g/mol. The van der Waals surface area contributed by atoms with Gasteiger partial charge >= 0.3 is 0 Å². The number of ether oxygens (including phenoxy) is 1. The van der Waals surface area contributed by atoms with Crippen LogP contribution in [-0.2, 0) is 0 Å². The van der Waals surface area contributed by atoms with Gasteiger partial charge in [0, 0.05) is 12.1 Å². The summed E-state index contributed by atoms with van der Waals surface area (Å²) in [6.07, 6.45) is 0. The molecule has 1 aromatic heterocycles. The zero-order chi connectivity index (χ0) is 9.84. The van der Waals surface area contributed by atoms with Gasteiger partial charge in [0.2, 0.25) is 11.8 Å². The minimum Gasteiger partial charge on any atom is -0.481 e. The molecule has 5 nitrogen and oxygen atoms in total. The van der Waals surface area contributed by atoms with E-state index < -0.39 is 0 Å². The molecule has 0 aliphatic heterocycles. The van der Waals surface area contributed by atoms with Gasteiger partial charge in [0.15, 0.2) is 0 Å². The van der Waals surface area contributed by atoms with Gasteiger partial charge in [-0.15, -0.1) is 0 Å². The van der Waals surface area contributed by atoms with E-state index in [0.717, 1.165) is 0 Å². The van der Waals surface area contributed by atoms with Gasteiger partial charge in [0.25, 0.3) is 0 Å². The largest absolute Gasteiger partial charge is 0.481 e. The number of methoxy groups -OCH3 is 1. The van der Waals surface area contributed by atoms with E-state index >= 15 is 0 Å². The maximum atomic E-state index is 5.47. The van der Waals surface area contributed by atoms with E-state index in [2.05, 4.69) is 15.3 Å². The molecule has 1 heterocycles. The van der Waals surface area contributed by atoms with E-state index in [-0.39, 0.29) is 5.95 Å². The van der Waals surface area contributed by atoms with Crippen molar-refractivity contribution in [3.05, 3.63) is 6.07 Å². The summed E-state index contributed by atoms with van der Waals surface area (Å²) in [4.78, 5) is 7.86. The molecule has 0 unspecified atom stereocenters. The summed E-state index contributed by atoms with van der Waals surface area (Å²) < 4.78 is 4.95. The number of hydrogen-bond acceptors (Lipinski definition) is 5. The minimum atomic E-state index is 0.211. The van der Waals surface area contributed by atoms with E-state index in [9.17, 15) is 0 Å². The molecular formula is C8H14N4O. The Bertz CT molecular complexity index is 287. The van der Waals surface area contributed by atoms with Crippen LogP contribution in [0.25, 0.3) is 0 Å². The fourth-order valence-corrected chi connectivity index (χ4v) is 0.917. The number of nitrogens with zero attached hydrogens (tertiary/aromatic N) is 2. The molecule has 0 radical (unpaired) electrons. The molecule has 0 aromatic carbocycles. The second-order valence-electron chi connectivity index (χ2n) is 2.95. The molecule has 0 bridgehead atoms. The summed E-state index contributed by atoms with van der Waals surface area (Å²) in [5.41, 5.74) is 5.47. The van der Waals surface area contributed by atoms with Crippen molar-refractivity contribution in [2.24, 2.45) is 0 Å². The van der Waals surface area contributed by atoms with E-state index in [1.165, 1.54) is 0 Å². The van der Waals surface area contributed by atoms with Crippen molar-refractivity contribution in [1.82, 2.24) is 9.97 Å². The Morgan fingerprint density at radius 2 is 2.15 bits per heavy atom. The van der Waals surface area contributed by atoms with Crippen molar-refractivity contribution >= 4 is 11.8 Å². The Labute approximate surface area is 77.3 Å². The first kappa shape index (κ1) is 9.57. The second-order valence-corrected chi connectivity index (χ2v) is 2.95. The molecule has 0 fully saturated rings. The zero-order valence-electron chi connectivity index (χ0n) is 8.03. The Morgan fingerprint density at radius 3 is 2.69 bits per heavy atom. The molecule has 3 N–H and O–H groups in total. The fraction of sp³-hybridized carbons (Fsp3) is 0.500. The van der Waals surface area contributed by atoms with Crippen LogP contribution >= 0.6 is 0 Å². The number of nitrogens with one attached hydrogen (secondary N) is 1. The van der Waals surface area contributed by atoms with Crippen LogP contribution in [0.4, 0.5) is 11.8 Å². The predicted molar refractivity (Wildman–Crippen MR) is 51.8 cm³/mol. The Kier molecular flexibility index (Phi) is 2.89. The Balaban J connectivity index is 2.88. The van der Waals surface area contributed by atoms with Crippen LogP contribution in [0.15, 0.2) is 6.07 Å². The fourth-order valence-electron chi connectivity index (χ4n) is 0.917. The highest BCUT2D eigenvalue weighted by molar-refractivity contribution is 5.43. The Morgan fingerprint density at radius 1 is 1.46 bits per heavy atom. The van der Waals surface area contributed by atoms with Crippen LogP contribution in [0, 0.1) is 0 Å². The third kappa shape index (κ3) is 2.77. The molecule has 5 heteroatoms. The third-order valence-corrected chi connectivity index (χ3v) is 1.37. The highest BCUT2D eigenvalue weighted by Gasteiger charge is 2.02. The highest BCUT2D eigenvalue weighted by atomic mass is 16.5. The molecule has 1 rings (SSSR count). The standard InChI is InChI=1S/C8H14N4O/c1-5(2)10-6-4-7(13-3)12-8(9)11-6/h4-5H,1-3H3,(H3,9,10,11,12). The van der Waals surface area contributed by atoms with Gasteiger partial charge in [-0.25, -0.2) is 0 Å². The lowest BCUT2D eigenvalue weighted by Gasteiger charge is -2.09. The summed E-state index contributed by atoms with van der Waals surface area (Å²) in [6, 6.07) is 2.01. The lowest BCUT2D eigenvalue weighted by molar-refractivity contribution is 0.398. The lowest BCUT2D eigenvalue weighted by atomic mass is 10.4. The number of aromatic nitrogens is 2. The van der Waals surface area contributed by atoms with E-state index in [1.807, 2.05) is 13.8 Å². The first-order valence-corrected chi connectivity index (χ1v) is 4.07. The molecule has 0 saturated carbocycles. The minimum absolute atomic E-state index is 0.211. The number of nitrogens with two attached hydrogens (primary N) is 1. The maximum absolute atomic E-state index is 5.47. The molecule has 72 valence electrons. The predicted octanol–water partition coefficient (Wildman–Crippen LogP) is 0.888. The molecule has 0 aliphatic carbocycles. The molecule has 0 saturated heterocycles. The van der Waals surface area contributed by atoms with Crippen molar-refractivity contribution in [1.29, 1.82) is 0 Å². The Hall–Kier alpha value is -1.52. The van der Waals surface area contributed by atoms with E-state index in [0.29, 0.717) is 17.7 Å². The van der Waals surface area contributed by atoms with Gasteiger partial charge in [-0.2, -0.15) is 9.97 Å². The molecule has 13 heavy (non-hydrogen) atoms. The van der Waals surface area contributed by atoms with Crippen LogP contribution in [-0.4, -0.2) is 23.1 Å². The van der Waals surface area contributed by atoms with Gasteiger partial charge in [-0.3, -0.25) is 0 Å². The summed E-state index contributed by atoms with van der Waals surface area (Å²) in [5.74, 6) is 1.36. The van der Waals surface area contributed by atoms with Gasteiger partial charge in [0.1, 0.15) is 5.82 Å². The van der Waals surface area contributed by atoms with Gasteiger partial charge in [0.05, 0.1) is 7.11 Å². The van der Waals surface area contributed by atoms with Crippen LogP contribution < -0.4 is 15.8 Å². The van der Waals surface area contributed by atoms with Gasteiger partial charge in [-0.1, -0.05) is 0 Å². The van der Waals surface area contributed by atoms with Crippen LogP contribution in [0.3, 0.4) is 0 Å². The first-order valence-electron chi connectivity index (χ1n) is 4.07. The summed E-state index contributed by atoms with van der Waals surface area (Å²) in [7, 11) is 1.54. The number of nitrogen functional groups attached to an aromatic ring is 1. The SMILES string of the molecule is COc1cc(NC(C)C)nc(N)n1. The number of anilines is 2. The lowest BCUT2D eigenvalue weighted by Crippen LogP contribution is -2.12. The van der Waals surface area contributed by atoms with Crippen molar-refractivity contribution in [2.45, 2.75) is 19.9 Å². The molecule has 0 atom stereocenters. The monoisotopic (exact) mass is 182 g/mol. The zero-order valence-corrected chi connectivity index (χ0v) is 8.03. The van der Waals surface area contributed by atoms with Gasteiger partial charge < -0.3 is 15.8 Å². The smallest absolute Gasteiger partial charge is 0.225 e. The van der Waals surface area contributed by atoms with Crippen molar-refractivity contribution in [2.75, 3.05) is 18.2 Å². The highest BCUT2D eigenvalue weighted by Crippen LogP contribution is 2.14. The quantitative estimate of drug-likeness (QED) is 0.726. The van der Waals surface area contributed by atoms with Crippen molar-refractivity contribution < 1.29 is 4.74 Å². The summed E-state index contributed by atoms with van der Waals surface area (Å²) in [5, 5.41) is 3.11. The van der Waals surface area contributed by atoms with Crippen molar-refractivity contribution in [3.8, 4) is 5.88 Å². The van der Waals surface area contributed by atoms with Crippen LogP contribution in [0.1, 0.15) is 13.8 Å². The summed E-state index contributed by atoms with van der Waals surface area (Å²) >= 11 is 0.